The molecule has 146 valence electrons. The number of benzene rings is 1. The quantitative estimate of drug-likeness (QED) is 0.460. The molecular formula is C22H24N2O4. The molecule has 28 heavy (non-hydrogen) atoms. The summed E-state index contributed by atoms with van der Waals surface area (Å²) in [6.07, 6.45) is 1.63. The Labute approximate surface area is 164 Å². The maximum absolute atomic E-state index is 12.6. The van der Waals surface area contributed by atoms with E-state index in [2.05, 4.69) is 0 Å². The van der Waals surface area contributed by atoms with Crippen LogP contribution in [0.1, 0.15) is 37.9 Å². The Balaban J connectivity index is 1.68. The monoisotopic (exact) mass is 380 g/mol. The van der Waals surface area contributed by atoms with Crippen LogP contribution in [0.4, 0.5) is 5.69 Å². The van der Waals surface area contributed by atoms with Gasteiger partial charge in [-0.15, -0.1) is 0 Å². The third-order valence-electron chi connectivity index (χ3n) is 4.70. The van der Waals surface area contributed by atoms with E-state index >= 15 is 0 Å². The average molecular weight is 380 g/mol. The van der Waals surface area contributed by atoms with E-state index in [1.165, 1.54) is 0 Å². The van der Waals surface area contributed by atoms with Crippen LogP contribution in [0.2, 0.25) is 0 Å². The van der Waals surface area contributed by atoms with E-state index in [0.717, 1.165) is 22.8 Å². The molecule has 0 bridgehead atoms. The zero-order valence-corrected chi connectivity index (χ0v) is 16.6. The molecule has 2 heterocycles. The smallest absolute Gasteiger partial charge is 0.338 e. The van der Waals surface area contributed by atoms with Crippen LogP contribution in [0, 0.1) is 13.8 Å². The first kappa shape index (κ1) is 19.5. The Hall–Kier alpha value is -3.28. The minimum Gasteiger partial charge on any atom is -0.467 e. The lowest BCUT2D eigenvalue weighted by Gasteiger charge is -2.13. The molecule has 0 aliphatic heterocycles. The molecule has 1 aromatic carbocycles. The Morgan fingerprint density at radius 1 is 1.11 bits per heavy atom. The van der Waals surface area contributed by atoms with Crippen LogP contribution < -0.4 is 4.90 Å². The molecule has 0 amide bonds. The van der Waals surface area contributed by atoms with Crippen LogP contribution >= 0.6 is 0 Å². The number of nitrogens with zero attached hydrogens (tertiary/aromatic N) is 2. The van der Waals surface area contributed by atoms with Crippen molar-refractivity contribution in [3.05, 3.63) is 77.0 Å². The topological polar surface area (TPSA) is 64.7 Å². The molecule has 0 aliphatic rings. The van der Waals surface area contributed by atoms with Crippen LogP contribution in [0.5, 0.6) is 0 Å². The molecule has 0 aliphatic carbocycles. The number of hydrogen-bond donors (Lipinski definition) is 0. The lowest BCUT2D eigenvalue weighted by Crippen LogP contribution is -2.16. The lowest BCUT2D eigenvalue weighted by molar-refractivity contribution is 0.0474. The fraction of sp³-hybridized carbons (Fsp3) is 0.273. The van der Waals surface area contributed by atoms with Crippen LogP contribution in [0.3, 0.4) is 0 Å². The number of hydrogen-bond acceptors (Lipinski definition) is 5. The molecule has 0 saturated heterocycles. The Kier molecular flexibility index (Phi) is 5.68. The first-order valence-corrected chi connectivity index (χ1v) is 9.03. The van der Waals surface area contributed by atoms with E-state index in [1.807, 2.05) is 61.7 Å². The minimum absolute atomic E-state index is 0.226. The lowest BCUT2D eigenvalue weighted by atomic mass is 10.1. The number of furan rings is 1. The van der Waals surface area contributed by atoms with Gasteiger partial charge in [-0.25, -0.2) is 4.79 Å². The summed E-state index contributed by atoms with van der Waals surface area (Å²) in [4.78, 5) is 26.8. The summed E-state index contributed by atoms with van der Waals surface area (Å²) in [5, 5.41) is 0. The van der Waals surface area contributed by atoms with Gasteiger partial charge in [-0.1, -0.05) is 6.07 Å². The van der Waals surface area contributed by atoms with Crippen molar-refractivity contribution in [3.8, 4) is 0 Å². The number of Topliss-reactive ketones (excluding diaryl/α,β-unsaturated/α-hetero) is 1. The van der Waals surface area contributed by atoms with Crippen molar-refractivity contribution in [2.75, 3.05) is 25.6 Å². The van der Waals surface area contributed by atoms with Gasteiger partial charge in [0.2, 0.25) is 5.78 Å². The van der Waals surface area contributed by atoms with Crippen LogP contribution in [-0.2, 0) is 11.3 Å². The first-order valence-electron chi connectivity index (χ1n) is 9.03. The van der Waals surface area contributed by atoms with Crippen LogP contribution in [-0.4, -0.2) is 37.0 Å². The van der Waals surface area contributed by atoms with Gasteiger partial charge in [0.1, 0.15) is 5.76 Å². The number of anilines is 1. The van der Waals surface area contributed by atoms with E-state index in [0.29, 0.717) is 17.7 Å². The SMILES string of the molecule is Cc1cc(C(=O)COC(=O)c2cccc(N(C)C)c2)c(C)n1Cc1ccco1. The van der Waals surface area contributed by atoms with E-state index in [9.17, 15) is 9.59 Å². The van der Waals surface area contributed by atoms with Gasteiger partial charge in [0.05, 0.1) is 18.4 Å². The number of esters is 1. The van der Waals surface area contributed by atoms with Crippen molar-refractivity contribution in [2.24, 2.45) is 0 Å². The molecular weight excluding hydrogens is 356 g/mol. The summed E-state index contributed by atoms with van der Waals surface area (Å²) in [5.74, 6) is 0.0744. The van der Waals surface area contributed by atoms with Crippen molar-refractivity contribution < 1.29 is 18.7 Å². The zero-order valence-electron chi connectivity index (χ0n) is 16.6. The number of carbonyl (C=O) groups excluding carboxylic acids is 2. The minimum atomic E-state index is -0.513. The van der Waals surface area contributed by atoms with E-state index < -0.39 is 5.97 Å². The molecule has 0 spiro atoms. The van der Waals surface area contributed by atoms with E-state index in [1.54, 1.807) is 24.5 Å². The number of rotatable bonds is 7. The molecule has 0 fully saturated rings. The summed E-state index contributed by atoms with van der Waals surface area (Å²) in [6, 6.07) is 12.6. The van der Waals surface area contributed by atoms with Crippen molar-refractivity contribution in [2.45, 2.75) is 20.4 Å². The van der Waals surface area contributed by atoms with Gasteiger partial charge in [0, 0.05) is 36.7 Å². The fourth-order valence-corrected chi connectivity index (χ4v) is 3.09. The summed E-state index contributed by atoms with van der Waals surface area (Å²) >= 11 is 0. The van der Waals surface area contributed by atoms with Gasteiger partial charge in [0.25, 0.3) is 0 Å². The van der Waals surface area contributed by atoms with Gasteiger partial charge in [0.15, 0.2) is 6.61 Å². The molecule has 6 nitrogen and oxygen atoms in total. The second-order valence-electron chi connectivity index (χ2n) is 6.89. The highest BCUT2D eigenvalue weighted by atomic mass is 16.5. The molecule has 0 saturated carbocycles. The average Bonchev–Trinajstić information content (AvgIpc) is 3.29. The Morgan fingerprint density at radius 2 is 1.89 bits per heavy atom. The zero-order chi connectivity index (χ0) is 20.3. The second-order valence-corrected chi connectivity index (χ2v) is 6.89. The normalized spacial score (nSPS) is 10.7. The van der Waals surface area contributed by atoms with Gasteiger partial charge in [-0.2, -0.15) is 0 Å². The molecule has 3 aromatic rings. The third kappa shape index (κ3) is 4.17. The van der Waals surface area contributed by atoms with Crippen LogP contribution in [0.25, 0.3) is 0 Å². The molecule has 2 aromatic heterocycles. The predicted molar refractivity (Wildman–Crippen MR) is 107 cm³/mol. The van der Waals surface area contributed by atoms with Crippen molar-refractivity contribution in [1.82, 2.24) is 4.57 Å². The molecule has 3 rings (SSSR count). The largest absolute Gasteiger partial charge is 0.467 e. The Bertz CT molecular complexity index is 984. The van der Waals surface area contributed by atoms with Crippen molar-refractivity contribution >= 4 is 17.4 Å². The third-order valence-corrected chi connectivity index (χ3v) is 4.70. The van der Waals surface area contributed by atoms with E-state index in [-0.39, 0.29) is 12.4 Å². The standard InChI is InChI=1S/C22H24N2O4/c1-15-11-20(16(2)24(15)13-19-9-6-10-27-19)21(25)14-28-22(26)17-7-5-8-18(12-17)23(3)4/h5-12H,13-14H2,1-4H3. The maximum atomic E-state index is 12.6. The van der Waals surface area contributed by atoms with Gasteiger partial charge in [-0.3, -0.25) is 4.79 Å². The van der Waals surface area contributed by atoms with Crippen molar-refractivity contribution in [3.63, 3.8) is 0 Å². The maximum Gasteiger partial charge on any atom is 0.338 e. The highest BCUT2D eigenvalue weighted by Gasteiger charge is 2.18. The van der Waals surface area contributed by atoms with Crippen LogP contribution in [0.15, 0.2) is 53.1 Å². The van der Waals surface area contributed by atoms with Gasteiger partial charge in [-0.05, 0) is 50.2 Å². The summed E-state index contributed by atoms with van der Waals surface area (Å²) in [6.45, 7) is 4.07. The number of ketones is 1. The fourth-order valence-electron chi connectivity index (χ4n) is 3.09. The number of aryl methyl sites for hydroxylation is 1. The van der Waals surface area contributed by atoms with Gasteiger partial charge >= 0.3 is 5.97 Å². The predicted octanol–water partition coefficient (Wildman–Crippen LogP) is 3.85. The molecule has 0 atom stereocenters. The number of aromatic nitrogens is 1. The molecule has 0 N–H and O–H groups in total. The Morgan fingerprint density at radius 3 is 2.57 bits per heavy atom. The number of ether oxygens (including phenoxy) is 1. The first-order chi connectivity index (χ1) is 13.4. The highest BCUT2D eigenvalue weighted by molar-refractivity contribution is 6.00. The summed E-state index contributed by atoms with van der Waals surface area (Å²) in [7, 11) is 3.79. The van der Waals surface area contributed by atoms with Gasteiger partial charge < -0.3 is 18.6 Å². The number of carbonyl (C=O) groups is 2. The van der Waals surface area contributed by atoms with E-state index in [4.69, 9.17) is 9.15 Å². The molecule has 0 radical (unpaired) electrons. The molecule has 6 heteroatoms. The highest BCUT2D eigenvalue weighted by Crippen LogP contribution is 2.19. The second kappa shape index (κ2) is 8.17. The summed E-state index contributed by atoms with van der Waals surface area (Å²) < 4.78 is 12.7. The summed E-state index contributed by atoms with van der Waals surface area (Å²) in [5.41, 5.74) is 3.63. The molecule has 0 unspecified atom stereocenters. The van der Waals surface area contributed by atoms with Crippen molar-refractivity contribution in [1.29, 1.82) is 0 Å².